The third-order valence-electron chi connectivity index (χ3n) is 5.04. The van der Waals surface area contributed by atoms with Crippen molar-refractivity contribution in [1.29, 1.82) is 0 Å². The Kier molecular flexibility index (Phi) is 4.41. The second-order valence-electron chi connectivity index (χ2n) is 6.32. The van der Waals surface area contributed by atoms with Gasteiger partial charge in [0.2, 0.25) is 0 Å². The normalized spacial score (nSPS) is 21.5. The van der Waals surface area contributed by atoms with Crippen LogP contribution in [0.3, 0.4) is 0 Å². The molecule has 1 aliphatic carbocycles. The summed E-state index contributed by atoms with van der Waals surface area (Å²) in [4.78, 5) is 18.5. The summed E-state index contributed by atoms with van der Waals surface area (Å²) in [7, 11) is 0. The lowest BCUT2D eigenvalue weighted by atomic mass is 9.68. The minimum atomic E-state index is -0.0897. The van der Waals surface area contributed by atoms with Gasteiger partial charge in [-0.3, -0.25) is 4.79 Å². The molecule has 1 saturated heterocycles. The number of piperidine rings is 1. The highest BCUT2D eigenvalue weighted by molar-refractivity contribution is 6.34. The first-order chi connectivity index (χ1) is 10.1. The molecule has 0 radical (unpaired) electrons. The summed E-state index contributed by atoms with van der Waals surface area (Å²) < 4.78 is 0. The second kappa shape index (κ2) is 6.13. The first-order valence-electron chi connectivity index (χ1n) is 7.71. The molecule has 0 bridgehead atoms. The molecule has 21 heavy (non-hydrogen) atoms. The Labute approximate surface area is 135 Å². The molecule has 1 amide bonds. The van der Waals surface area contributed by atoms with Crippen molar-refractivity contribution in [3.8, 4) is 0 Å². The number of carbonyl (C=O) groups is 1. The summed E-state index contributed by atoms with van der Waals surface area (Å²) in [6, 6.07) is 3.24. The maximum Gasteiger partial charge on any atom is 0.274 e. The number of hydrogen-bond donors (Lipinski definition) is 0. The van der Waals surface area contributed by atoms with Crippen LogP contribution >= 0.6 is 23.2 Å². The standard InChI is InChI=1S/C16H20Cl2N2O/c17-12-4-5-13(18)19-14(12)15(21)20-10-8-16(9-11-20)6-2-1-3-7-16/h4-5H,1-3,6-11H2. The van der Waals surface area contributed by atoms with E-state index < -0.39 is 0 Å². The van der Waals surface area contributed by atoms with Crippen molar-refractivity contribution in [1.82, 2.24) is 9.88 Å². The van der Waals surface area contributed by atoms with Crippen LogP contribution in [-0.2, 0) is 0 Å². The van der Waals surface area contributed by atoms with Gasteiger partial charge in [-0.1, -0.05) is 42.5 Å². The summed E-state index contributed by atoms with van der Waals surface area (Å²) in [5.41, 5.74) is 0.768. The van der Waals surface area contributed by atoms with Gasteiger partial charge in [0.1, 0.15) is 10.8 Å². The molecule has 2 aliphatic rings. The molecule has 1 aliphatic heterocycles. The summed E-state index contributed by atoms with van der Waals surface area (Å²) in [6.45, 7) is 1.62. The van der Waals surface area contributed by atoms with Crippen molar-refractivity contribution < 1.29 is 4.79 Å². The zero-order chi connectivity index (χ0) is 14.9. The molecule has 1 spiro atoms. The Bertz CT molecular complexity index is 531. The van der Waals surface area contributed by atoms with Gasteiger partial charge in [-0.25, -0.2) is 4.98 Å². The molecule has 5 heteroatoms. The fourth-order valence-corrected chi connectivity index (χ4v) is 4.04. The molecule has 2 heterocycles. The fraction of sp³-hybridized carbons (Fsp3) is 0.625. The van der Waals surface area contributed by atoms with Gasteiger partial charge in [-0.2, -0.15) is 0 Å². The van der Waals surface area contributed by atoms with Gasteiger partial charge in [-0.05, 0) is 43.2 Å². The third-order valence-corrected chi connectivity index (χ3v) is 5.56. The minimum absolute atomic E-state index is 0.0897. The monoisotopic (exact) mass is 326 g/mol. The third kappa shape index (κ3) is 3.19. The molecule has 3 rings (SSSR count). The Morgan fingerprint density at radius 1 is 1.05 bits per heavy atom. The second-order valence-corrected chi connectivity index (χ2v) is 7.11. The van der Waals surface area contributed by atoms with Gasteiger partial charge < -0.3 is 4.90 Å². The summed E-state index contributed by atoms with van der Waals surface area (Å²) in [5.74, 6) is -0.0897. The molecule has 3 nitrogen and oxygen atoms in total. The topological polar surface area (TPSA) is 33.2 Å². The lowest BCUT2D eigenvalue weighted by Crippen LogP contribution is -2.44. The Balaban J connectivity index is 1.69. The number of amides is 1. The van der Waals surface area contributed by atoms with E-state index in [1.165, 1.54) is 32.1 Å². The van der Waals surface area contributed by atoms with Crippen molar-refractivity contribution in [3.05, 3.63) is 28.0 Å². The van der Waals surface area contributed by atoms with E-state index in [4.69, 9.17) is 23.2 Å². The maximum atomic E-state index is 12.6. The lowest BCUT2D eigenvalue weighted by molar-refractivity contribution is 0.0467. The Hall–Kier alpha value is -0.800. The molecule has 0 atom stereocenters. The average Bonchev–Trinajstić information content (AvgIpc) is 2.51. The molecule has 2 fully saturated rings. The highest BCUT2D eigenvalue weighted by atomic mass is 35.5. The predicted molar refractivity (Wildman–Crippen MR) is 84.9 cm³/mol. The van der Waals surface area contributed by atoms with Crippen molar-refractivity contribution >= 4 is 29.1 Å². The highest BCUT2D eigenvalue weighted by Crippen LogP contribution is 2.44. The summed E-state index contributed by atoms with van der Waals surface area (Å²) in [6.07, 6.45) is 8.92. The molecule has 0 aromatic carbocycles. The SMILES string of the molecule is O=C(c1nc(Cl)ccc1Cl)N1CCC2(CCCCC2)CC1. The van der Waals surface area contributed by atoms with Gasteiger partial charge in [0.05, 0.1) is 5.02 Å². The fourth-order valence-electron chi connectivity index (χ4n) is 3.70. The van der Waals surface area contributed by atoms with Gasteiger partial charge in [-0.15, -0.1) is 0 Å². The quantitative estimate of drug-likeness (QED) is 0.708. The van der Waals surface area contributed by atoms with Crippen LogP contribution in [0.1, 0.15) is 55.4 Å². The van der Waals surface area contributed by atoms with Crippen LogP contribution in [-0.4, -0.2) is 28.9 Å². The van der Waals surface area contributed by atoms with E-state index in [0.29, 0.717) is 15.6 Å². The van der Waals surface area contributed by atoms with Crippen LogP contribution in [0.25, 0.3) is 0 Å². The molecule has 0 N–H and O–H groups in total. The smallest absolute Gasteiger partial charge is 0.274 e. The van der Waals surface area contributed by atoms with Crippen LogP contribution in [0.15, 0.2) is 12.1 Å². The molecular weight excluding hydrogens is 307 g/mol. The van der Waals surface area contributed by atoms with Crippen LogP contribution in [0, 0.1) is 5.41 Å². The van der Waals surface area contributed by atoms with Gasteiger partial charge in [0.25, 0.3) is 5.91 Å². The number of hydrogen-bond acceptors (Lipinski definition) is 2. The zero-order valence-electron chi connectivity index (χ0n) is 12.1. The van der Waals surface area contributed by atoms with Crippen molar-refractivity contribution in [2.24, 2.45) is 5.41 Å². The first kappa shape index (κ1) is 15.1. The van der Waals surface area contributed by atoms with E-state index in [-0.39, 0.29) is 11.6 Å². The molecule has 1 aromatic heterocycles. The van der Waals surface area contributed by atoms with Gasteiger partial charge in [0.15, 0.2) is 0 Å². The average molecular weight is 327 g/mol. The van der Waals surface area contributed by atoms with Crippen molar-refractivity contribution in [2.75, 3.05) is 13.1 Å². The molecule has 114 valence electrons. The lowest BCUT2D eigenvalue weighted by Gasteiger charge is -2.44. The van der Waals surface area contributed by atoms with Gasteiger partial charge >= 0.3 is 0 Å². The van der Waals surface area contributed by atoms with Gasteiger partial charge in [0, 0.05) is 13.1 Å². The molecular formula is C16H20Cl2N2O. The van der Waals surface area contributed by atoms with E-state index in [0.717, 1.165) is 25.9 Å². The summed E-state index contributed by atoms with van der Waals surface area (Å²) >= 11 is 12.0. The Morgan fingerprint density at radius 3 is 2.38 bits per heavy atom. The number of rotatable bonds is 1. The molecule has 1 saturated carbocycles. The van der Waals surface area contributed by atoms with Crippen LogP contribution < -0.4 is 0 Å². The van der Waals surface area contributed by atoms with Crippen molar-refractivity contribution in [2.45, 2.75) is 44.9 Å². The number of likely N-dealkylation sites (tertiary alicyclic amines) is 1. The number of carbonyl (C=O) groups excluding carboxylic acids is 1. The van der Waals surface area contributed by atoms with E-state index in [1.54, 1.807) is 12.1 Å². The Morgan fingerprint density at radius 2 is 1.71 bits per heavy atom. The molecule has 1 aromatic rings. The number of nitrogens with zero attached hydrogens (tertiary/aromatic N) is 2. The zero-order valence-corrected chi connectivity index (χ0v) is 13.6. The number of pyridine rings is 1. The number of aromatic nitrogens is 1. The van der Waals surface area contributed by atoms with Crippen molar-refractivity contribution in [3.63, 3.8) is 0 Å². The van der Waals surface area contributed by atoms with E-state index in [2.05, 4.69) is 4.98 Å². The van der Waals surface area contributed by atoms with E-state index in [1.807, 2.05) is 4.90 Å². The molecule has 0 unspecified atom stereocenters. The first-order valence-corrected chi connectivity index (χ1v) is 8.47. The predicted octanol–water partition coefficient (Wildman–Crippen LogP) is 4.57. The van der Waals surface area contributed by atoms with E-state index >= 15 is 0 Å². The van der Waals surface area contributed by atoms with E-state index in [9.17, 15) is 4.79 Å². The minimum Gasteiger partial charge on any atom is -0.337 e. The largest absolute Gasteiger partial charge is 0.337 e. The number of halogens is 2. The summed E-state index contributed by atoms with van der Waals surface area (Å²) in [5, 5.41) is 0.686. The van der Waals surface area contributed by atoms with Crippen LogP contribution in [0.5, 0.6) is 0 Å². The van der Waals surface area contributed by atoms with Crippen LogP contribution in [0.4, 0.5) is 0 Å². The van der Waals surface area contributed by atoms with Crippen LogP contribution in [0.2, 0.25) is 10.2 Å². The maximum absolute atomic E-state index is 12.6. The highest BCUT2D eigenvalue weighted by Gasteiger charge is 2.37.